The fourth-order valence-electron chi connectivity index (χ4n) is 3.44. The number of benzene rings is 2. The third-order valence-corrected chi connectivity index (χ3v) is 4.82. The highest BCUT2D eigenvalue weighted by Gasteiger charge is 2.19. The summed E-state index contributed by atoms with van der Waals surface area (Å²) in [5, 5.41) is 1.01. The van der Waals surface area contributed by atoms with Gasteiger partial charge in [-0.2, -0.15) is 0 Å². The minimum Gasteiger partial charge on any atom is -0.356 e. The monoisotopic (exact) mass is 360 g/mol. The highest BCUT2D eigenvalue weighted by atomic mass is 19.1. The molecule has 0 saturated heterocycles. The minimum absolute atomic E-state index is 0.253. The van der Waals surface area contributed by atoms with Gasteiger partial charge in [0.05, 0.1) is 5.39 Å². The van der Waals surface area contributed by atoms with E-state index in [9.17, 15) is 4.39 Å². The first-order chi connectivity index (χ1) is 13.2. The first-order valence-corrected chi connectivity index (χ1v) is 9.15. The Bertz CT molecular complexity index is 1050. The lowest BCUT2D eigenvalue weighted by Gasteiger charge is -2.21. The highest BCUT2D eigenvalue weighted by Crippen LogP contribution is 2.36. The van der Waals surface area contributed by atoms with Crippen LogP contribution in [0.15, 0.2) is 67.1 Å². The van der Waals surface area contributed by atoms with Gasteiger partial charge in [-0.15, -0.1) is 0 Å². The SMILES string of the molecule is CCN(CC)c1ncnc2c1c(-c1ccccc1)cn2-c1ccc(F)cc1. The summed E-state index contributed by atoms with van der Waals surface area (Å²) in [6, 6.07) is 16.7. The van der Waals surface area contributed by atoms with Crippen LogP contribution in [-0.2, 0) is 0 Å². The van der Waals surface area contributed by atoms with Crippen LogP contribution >= 0.6 is 0 Å². The second-order valence-corrected chi connectivity index (χ2v) is 6.32. The Balaban J connectivity index is 2.04. The third-order valence-electron chi connectivity index (χ3n) is 4.82. The normalized spacial score (nSPS) is 11.1. The summed E-state index contributed by atoms with van der Waals surface area (Å²) in [4.78, 5) is 11.4. The molecule has 27 heavy (non-hydrogen) atoms. The molecule has 4 nitrogen and oxygen atoms in total. The van der Waals surface area contributed by atoms with Crippen LogP contribution in [0.1, 0.15) is 13.8 Å². The van der Waals surface area contributed by atoms with Crippen molar-refractivity contribution in [2.24, 2.45) is 0 Å². The van der Waals surface area contributed by atoms with Gasteiger partial charge in [0.15, 0.2) is 5.65 Å². The third kappa shape index (κ3) is 3.05. The molecular weight excluding hydrogens is 339 g/mol. The number of halogens is 1. The summed E-state index contributed by atoms with van der Waals surface area (Å²) < 4.78 is 15.4. The molecule has 0 aliphatic carbocycles. The van der Waals surface area contributed by atoms with Crippen molar-refractivity contribution < 1.29 is 4.39 Å². The zero-order valence-corrected chi connectivity index (χ0v) is 15.4. The van der Waals surface area contributed by atoms with Crippen molar-refractivity contribution in [2.45, 2.75) is 13.8 Å². The maximum absolute atomic E-state index is 13.4. The summed E-state index contributed by atoms with van der Waals surface area (Å²) in [5.41, 5.74) is 3.86. The largest absolute Gasteiger partial charge is 0.356 e. The van der Waals surface area contributed by atoms with Crippen LogP contribution in [0, 0.1) is 5.82 Å². The second-order valence-electron chi connectivity index (χ2n) is 6.32. The van der Waals surface area contributed by atoms with Crippen molar-refractivity contribution in [3.05, 3.63) is 72.9 Å². The summed E-state index contributed by atoms with van der Waals surface area (Å²) >= 11 is 0. The van der Waals surface area contributed by atoms with Gasteiger partial charge in [-0.05, 0) is 43.7 Å². The summed E-state index contributed by atoms with van der Waals surface area (Å²) in [6.07, 6.45) is 3.67. The van der Waals surface area contributed by atoms with Crippen LogP contribution in [-0.4, -0.2) is 27.6 Å². The zero-order chi connectivity index (χ0) is 18.8. The quantitative estimate of drug-likeness (QED) is 0.498. The Labute approximate surface area is 157 Å². The average Bonchev–Trinajstić information content (AvgIpc) is 3.11. The lowest BCUT2D eigenvalue weighted by atomic mass is 10.1. The predicted octanol–water partition coefficient (Wildman–Crippen LogP) is 5.07. The van der Waals surface area contributed by atoms with Crippen molar-refractivity contribution in [2.75, 3.05) is 18.0 Å². The van der Waals surface area contributed by atoms with E-state index in [1.807, 2.05) is 22.8 Å². The Morgan fingerprint density at radius 2 is 1.63 bits per heavy atom. The van der Waals surface area contributed by atoms with Crippen molar-refractivity contribution in [1.82, 2.24) is 14.5 Å². The number of hydrogen-bond acceptors (Lipinski definition) is 3. The van der Waals surface area contributed by atoms with Crippen molar-refractivity contribution in [1.29, 1.82) is 0 Å². The van der Waals surface area contributed by atoms with Crippen LogP contribution in [0.2, 0.25) is 0 Å². The Kier molecular flexibility index (Phi) is 4.59. The van der Waals surface area contributed by atoms with E-state index in [1.165, 1.54) is 12.1 Å². The van der Waals surface area contributed by atoms with Gasteiger partial charge < -0.3 is 9.47 Å². The molecule has 2 aromatic heterocycles. The lowest BCUT2D eigenvalue weighted by Crippen LogP contribution is -2.23. The van der Waals surface area contributed by atoms with Gasteiger partial charge in [0.2, 0.25) is 0 Å². The van der Waals surface area contributed by atoms with Gasteiger partial charge in [0, 0.05) is 30.5 Å². The maximum Gasteiger partial charge on any atom is 0.150 e. The van der Waals surface area contributed by atoms with Gasteiger partial charge >= 0.3 is 0 Å². The Morgan fingerprint density at radius 1 is 0.926 bits per heavy atom. The molecule has 0 bridgehead atoms. The zero-order valence-electron chi connectivity index (χ0n) is 15.4. The molecule has 0 aliphatic heterocycles. The fourth-order valence-corrected chi connectivity index (χ4v) is 3.44. The highest BCUT2D eigenvalue weighted by molar-refractivity contribution is 6.02. The number of hydrogen-bond donors (Lipinski definition) is 0. The molecule has 0 N–H and O–H groups in total. The second kappa shape index (κ2) is 7.19. The van der Waals surface area contributed by atoms with Gasteiger partial charge in [-0.25, -0.2) is 14.4 Å². The van der Waals surface area contributed by atoms with Crippen LogP contribution in [0.5, 0.6) is 0 Å². The van der Waals surface area contributed by atoms with E-state index in [0.29, 0.717) is 0 Å². The molecule has 0 aliphatic rings. The molecule has 136 valence electrons. The van der Waals surface area contributed by atoms with Crippen LogP contribution in [0.3, 0.4) is 0 Å². The Hall–Kier alpha value is -3.21. The van der Waals surface area contributed by atoms with E-state index in [0.717, 1.165) is 46.8 Å². The van der Waals surface area contributed by atoms with Gasteiger partial charge in [0.25, 0.3) is 0 Å². The van der Waals surface area contributed by atoms with Gasteiger partial charge in [-0.3, -0.25) is 0 Å². The average molecular weight is 360 g/mol. The van der Waals surface area contributed by atoms with E-state index < -0.39 is 0 Å². The van der Waals surface area contributed by atoms with Crippen molar-refractivity contribution >= 4 is 16.9 Å². The van der Waals surface area contributed by atoms with Crippen LogP contribution in [0.4, 0.5) is 10.2 Å². The van der Waals surface area contributed by atoms with E-state index in [-0.39, 0.29) is 5.82 Å². The Morgan fingerprint density at radius 3 is 2.30 bits per heavy atom. The molecule has 0 saturated carbocycles. The van der Waals surface area contributed by atoms with E-state index in [2.05, 4.69) is 47.0 Å². The van der Waals surface area contributed by atoms with Crippen molar-refractivity contribution in [3.8, 4) is 16.8 Å². The lowest BCUT2D eigenvalue weighted by molar-refractivity contribution is 0.627. The first kappa shape index (κ1) is 17.2. The van der Waals surface area contributed by atoms with Crippen molar-refractivity contribution in [3.63, 3.8) is 0 Å². The first-order valence-electron chi connectivity index (χ1n) is 9.15. The van der Waals surface area contributed by atoms with E-state index in [4.69, 9.17) is 0 Å². The van der Waals surface area contributed by atoms with Crippen LogP contribution in [0.25, 0.3) is 27.8 Å². The molecule has 0 atom stereocenters. The molecule has 2 aromatic carbocycles. The number of rotatable bonds is 5. The minimum atomic E-state index is -0.253. The summed E-state index contributed by atoms with van der Waals surface area (Å²) in [6.45, 7) is 5.96. The summed E-state index contributed by atoms with van der Waals surface area (Å²) in [7, 11) is 0. The molecule has 0 fully saturated rings. The topological polar surface area (TPSA) is 34.0 Å². The molecule has 0 amide bonds. The molecule has 5 heteroatoms. The van der Waals surface area contributed by atoms with E-state index in [1.54, 1.807) is 18.5 Å². The molecule has 4 rings (SSSR count). The van der Waals surface area contributed by atoms with Gasteiger partial charge in [0.1, 0.15) is 18.0 Å². The molecule has 0 unspecified atom stereocenters. The number of anilines is 1. The molecule has 0 spiro atoms. The maximum atomic E-state index is 13.4. The number of fused-ring (bicyclic) bond motifs is 1. The van der Waals surface area contributed by atoms with Crippen LogP contribution < -0.4 is 4.90 Å². The predicted molar refractivity (Wildman–Crippen MR) is 108 cm³/mol. The molecule has 0 radical (unpaired) electrons. The fraction of sp³-hybridized carbons (Fsp3) is 0.182. The molecular formula is C22H21FN4. The number of aromatic nitrogens is 3. The summed E-state index contributed by atoms with van der Waals surface area (Å²) in [5.74, 6) is 0.668. The van der Waals surface area contributed by atoms with Gasteiger partial charge in [-0.1, -0.05) is 30.3 Å². The molecule has 2 heterocycles. The van der Waals surface area contributed by atoms with E-state index >= 15 is 0 Å². The number of nitrogens with zero attached hydrogens (tertiary/aromatic N) is 4. The standard InChI is InChI=1S/C22H21FN4/c1-3-26(4-2)21-20-19(16-8-6-5-7-9-16)14-27(22(20)25-15-24-21)18-12-10-17(23)11-13-18/h5-15H,3-4H2,1-2H3. The smallest absolute Gasteiger partial charge is 0.150 e. The molecule has 4 aromatic rings.